The molecule has 0 heterocycles. The molecule has 0 aromatic rings. The highest BCUT2D eigenvalue weighted by molar-refractivity contribution is 5.94. The van der Waals surface area contributed by atoms with Crippen molar-refractivity contribution in [2.24, 2.45) is 10.8 Å². The van der Waals surface area contributed by atoms with Gasteiger partial charge in [-0.15, -0.1) is 0 Å². The lowest BCUT2D eigenvalue weighted by atomic mass is 9.78. The van der Waals surface area contributed by atoms with Crippen molar-refractivity contribution in [1.29, 1.82) is 5.26 Å². The average Bonchev–Trinajstić information content (AvgIpc) is 2.43. The topological polar surface area (TPSA) is 50.1 Å². The molecule has 1 aliphatic rings. The number of Topliss-reactive ketones (excluding diaryl/α,β-unsaturated/α-hetero) is 1. The molecule has 84 valence electrons. The van der Waals surface area contributed by atoms with Gasteiger partial charge in [0.1, 0.15) is 5.41 Å². The van der Waals surface area contributed by atoms with Gasteiger partial charge in [-0.1, -0.05) is 13.8 Å². The molecule has 1 aliphatic carbocycles. The number of hydrogen-bond acceptors (Lipinski definition) is 3. The van der Waals surface area contributed by atoms with Gasteiger partial charge in [-0.25, -0.2) is 0 Å². The summed E-state index contributed by atoms with van der Waals surface area (Å²) in [6.45, 7) is 4.49. The van der Waals surface area contributed by atoms with E-state index in [1.165, 1.54) is 0 Å². The monoisotopic (exact) mass is 209 g/mol. The first kappa shape index (κ1) is 12.2. The smallest absolute Gasteiger partial charge is 0.158 e. The molecule has 0 aliphatic heterocycles. The van der Waals surface area contributed by atoms with Crippen molar-refractivity contribution >= 4 is 5.78 Å². The van der Waals surface area contributed by atoms with Gasteiger partial charge in [0.05, 0.1) is 6.07 Å². The summed E-state index contributed by atoms with van der Waals surface area (Å²) in [6, 6.07) is 2.24. The van der Waals surface area contributed by atoms with Crippen LogP contribution in [0.3, 0.4) is 0 Å². The van der Waals surface area contributed by atoms with Gasteiger partial charge in [0, 0.05) is 19.1 Å². The summed E-state index contributed by atoms with van der Waals surface area (Å²) in [4.78, 5) is 12.1. The molecular weight excluding hydrogens is 190 g/mol. The summed E-state index contributed by atoms with van der Waals surface area (Å²) in [5, 5.41) is 9.21. The number of ether oxygens (including phenoxy) is 1. The van der Waals surface area contributed by atoms with E-state index in [2.05, 4.69) is 6.07 Å². The first-order valence-corrected chi connectivity index (χ1v) is 5.44. The summed E-state index contributed by atoms with van der Waals surface area (Å²) in [5.41, 5.74) is -1.05. The number of carbonyl (C=O) groups is 1. The van der Waals surface area contributed by atoms with Crippen LogP contribution >= 0.6 is 0 Å². The third-order valence-electron chi connectivity index (χ3n) is 3.39. The van der Waals surface area contributed by atoms with Crippen LogP contribution in [0.15, 0.2) is 0 Å². The minimum absolute atomic E-state index is 0.119. The number of nitrogens with zero attached hydrogens (tertiary/aromatic N) is 1. The maximum Gasteiger partial charge on any atom is 0.158 e. The van der Waals surface area contributed by atoms with Gasteiger partial charge in [-0.2, -0.15) is 5.26 Å². The minimum atomic E-state index is -0.734. The van der Waals surface area contributed by atoms with Crippen molar-refractivity contribution in [2.45, 2.75) is 39.5 Å². The number of methoxy groups -OCH3 is 1. The van der Waals surface area contributed by atoms with Crippen LogP contribution in [0, 0.1) is 22.2 Å². The lowest BCUT2D eigenvalue weighted by Crippen LogP contribution is -2.31. The van der Waals surface area contributed by atoms with Gasteiger partial charge >= 0.3 is 0 Å². The first-order valence-electron chi connectivity index (χ1n) is 5.44. The third kappa shape index (κ3) is 2.21. The summed E-state index contributed by atoms with van der Waals surface area (Å²) >= 11 is 0. The SMILES string of the molecule is COCCCC1(C#N)CCC(C)(C)C1=O. The van der Waals surface area contributed by atoms with Crippen molar-refractivity contribution in [3.8, 4) is 6.07 Å². The Bertz CT molecular complexity index is 290. The molecule has 1 unspecified atom stereocenters. The Balaban J connectivity index is 2.72. The van der Waals surface area contributed by atoms with Crippen molar-refractivity contribution in [3.05, 3.63) is 0 Å². The minimum Gasteiger partial charge on any atom is -0.385 e. The highest BCUT2D eigenvalue weighted by Crippen LogP contribution is 2.47. The van der Waals surface area contributed by atoms with Gasteiger partial charge in [0.25, 0.3) is 0 Å². The molecule has 1 saturated carbocycles. The van der Waals surface area contributed by atoms with Crippen LogP contribution in [0.1, 0.15) is 39.5 Å². The molecule has 3 nitrogen and oxygen atoms in total. The Morgan fingerprint density at radius 2 is 2.13 bits per heavy atom. The van der Waals surface area contributed by atoms with Gasteiger partial charge in [-0.3, -0.25) is 4.79 Å². The average molecular weight is 209 g/mol. The van der Waals surface area contributed by atoms with E-state index in [-0.39, 0.29) is 11.2 Å². The van der Waals surface area contributed by atoms with Crippen LogP contribution in [-0.4, -0.2) is 19.5 Å². The zero-order valence-corrected chi connectivity index (χ0v) is 9.80. The van der Waals surface area contributed by atoms with E-state index in [1.807, 2.05) is 13.8 Å². The summed E-state index contributed by atoms with van der Waals surface area (Å²) in [5.74, 6) is 0.119. The van der Waals surface area contributed by atoms with Crippen molar-refractivity contribution < 1.29 is 9.53 Å². The molecular formula is C12H19NO2. The molecule has 0 bridgehead atoms. The zero-order chi connectivity index (χ0) is 11.5. The quantitative estimate of drug-likeness (QED) is 0.667. The van der Waals surface area contributed by atoms with Gasteiger partial charge in [0.15, 0.2) is 5.78 Å². The summed E-state index contributed by atoms with van der Waals surface area (Å²) in [7, 11) is 1.64. The second-order valence-corrected chi connectivity index (χ2v) is 5.00. The van der Waals surface area contributed by atoms with Crippen LogP contribution in [0.25, 0.3) is 0 Å². The maximum absolute atomic E-state index is 12.1. The number of nitriles is 1. The van der Waals surface area contributed by atoms with Crippen LogP contribution in [0.4, 0.5) is 0 Å². The Labute approximate surface area is 91.4 Å². The zero-order valence-electron chi connectivity index (χ0n) is 9.80. The molecule has 0 amide bonds. The second-order valence-electron chi connectivity index (χ2n) is 5.00. The van der Waals surface area contributed by atoms with E-state index in [0.29, 0.717) is 19.4 Å². The fraction of sp³-hybridized carbons (Fsp3) is 0.833. The number of rotatable bonds is 4. The molecule has 0 spiro atoms. The Morgan fingerprint density at radius 3 is 2.53 bits per heavy atom. The van der Waals surface area contributed by atoms with E-state index in [4.69, 9.17) is 4.74 Å². The summed E-state index contributed by atoms with van der Waals surface area (Å²) < 4.78 is 4.96. The lowest BCUT2D eigenvalue weighted by Gasteiger charge is -2.22. The standard InChI is InChI=1S/C12H19NO2/c1-11(2)6-7-12(9-13,10(11)14)5-4-8-15-3/h4-8H2,1-3H3. The molecule has 0 aromatic heterocycles. The highest BCUT2D eigenvalue weighted by atomic mass is 16.5. The molecule has 1 fully saturated rings. The van der Waals surface area contributed by atoms with Crippen LogP contribution in [0.2, 0.25) is 0 Å². The molecule has 15 heavy (non-hydrogen) atoms. The van der Waals surface area contributed by atoms with E-state index in [9.17, 15) is 10.1 Å². The molecule has 0 N–H and O–H groups in total. The van der Waals surface area contributed by atoms with Crippen molar-refractivity contribution in [2.75, 3.05) is 13.7 Å². The maximum atomic E-state index is 12.1. The van der Waals surface area contributed by atoms with E-state index >= 15 is 0 Å². The van der Waals surface area contributed by atoms with Crippen LogP contribution in [0.5, 0.6) is 0 Å². The second kappa shape index (κ2) is 4.32. The predicted molar refractivity (Wildman–Crippen MR) is 57.2 cm³/mol. The molecule has 1 rings (SSSR count). The fourth-order valence-electron chi connectivity index (χ4n) is 2.32. The van der Waals surface area contributed by atoms with E-state index in [1.54, 1.807) is 7.11 Å². The lowest BCUT2D eigenvalue weighted by molar-refractivity contribution is -0.130. The third-order valence-corrected chi connectivity index (χ3v) is 3.39. The Morgan fingerprint density at radius 1 is 1.47 bits per heavy atom. The predicted octanol–water partition coefficient (Wildman–Crippen LogP) is 2.31. The van der Waals surface area contributed by atoms with Crippen molar-refractivity contribution in [3.63, 3.8) is 0 Å². The largest absolute Gasteiger partial charge is 0.385 e. The number of hydrogen-bond donors (Lipinski definition) is 0. The molecule has 0 aromatic carbocycles. The Hall–Kier alpha value is -0.880. The summed E-state index contributed by atoms with van der Waals surface area (Å²) in [6.07, 6.45) is 2.96. The van der Waals surface area contributed by atoms with Crippen LogP contribution < -0.4 is 0 Å². The normalized spacial score (nSPS) is 29.1. The van der Waals surface area contributed by atoms with Gasteiger partial charge in [0.2, 0.25) is 0 Å². The first-order chi connectivity index (χ1) is 6.98. The van der Waals surface area contributed by atoms with Crippen molar-refractivity contribution in [1.82, 2.24) is 0 Å². The Kier molecular flexibility index (Phi) is 3.51. The number of carbonyl (C=O) groups excluding carboxylic acids is 1. The van der Waals surface area contributed by atoms with E-state index in [0.717, 1.165) is 12.8 Å². The fourth-order valence-corrected chi connectivity index (χ4v) is 2.32. The highest BCUT2D eigenvalue weighted by Gasteiger charge is 2.51. The van der Waals surface area contributed by atoms with E-state index < -0.39 is 5.41 Å². The van der Waals surface area contributed by atoms with Crippen LogP contribution in [-0.2, 0) is 9.53 Å². The molecule has 1 atom stereocenters. The molecule has 0 saturated heterocycles. The van der Waals surface area contributed by atoms with Gasteiger partial charge in [-0.05, 0) is 25.7 Å². The van der Waals surface area contributed by atoms with Gasteiger partial charge < -0.3 is 4.74 Å². The molecule has 3 heteroatoms. The molecule has 0 radical (unpaired) electrons. The number of ketones is 1.